The Morgan fingerprint density at radius 1 is 1.09 bits per heavy atom. The summed E-state index contributed by atoms with van der Waals surface area (Å²) in [4.78, 5) is 14.0. The predicted octanol–water partition coefficient (Wildman–Crippen LogP) is 6.39. The Kier molecular flexibility index (Phi) is 7.33. The third-order valence-electron chi connectivity index (χ3n) is 5.16. The van der Waals surface area contributed by atoms with Crippen molar-refractivity contribution in [2.45, 2.75) is 39.1 Å². The second-order valence-electron chi connectivity index (χ2n) is 8.77. The molecule has 0 aliphatic heterocycles. The molecule has 0 saturated carbocycles. The molecular formula is C25H26ClF3N2O3. The molecule has 2 aromatic carbocycles. The molecule has 0 atom stereocenters. The molecule has 34 heavy (non-hydrogen) atoms. The van der Waals surface area contributed by atoms with Crippen LogP contribution in [0.15, 0.2) is 54.6 Å². The molecule has 0 aliphatic rings. The highest BCUT2D eigenvalue weighted by Crippen LogP contribution is 2.45. The van der Waals surface area contributed by atoms with E-state index in [1.54, 1.807) is 54.6 Å². The average Bonchev–Trinajstić information content (AvgIpc) is 2.99. The molecular weight excluding hydrogens is 469 g/mol. The summed E-state index contributed by atoms with van der Waals surface area (Å²) in [5.74, 6) is -0.233. The van der Waals surface area contributed by atoms with Crippen LogP contribution in [0.3, 0.4) is 0 Å². The predicted molar refractivity (Wildman–Crippen MR) is 125 cm³/mol. The first kappa shape index (κ1) is 25.6. The molecule has 3 rings (SSSR count). The number of hydrogen-bond donors (Lipinski definition) is 1. The number of benzene rings is 2. The topological polar surface area (TPSA) is 54.7 Å². The third kappa shape index (κ3) is 5.93. The summed E-state index contributed by atoms with van der Waals surface area (Å²) in [6, 6.07) is 14.9. The van der Waals surface area contributed by atoms with Crippen molar-refractivity contribution < 1.29 is 27.8 Å². The van der Waals surface area contributed by atoms with Crippen LogP contribution in [0, 0.1) is 6.92 Å². The highest BCUT2D eigenvalue weighted by atomic mass is 35.5. The van der Waals surface area contributed by atoms with E-state index in [0.29, 0.717) is 16.1 Å². The van der Waals surface area contributed by atoms with E-state index < -0.39 is 23.6 Å². The molecule has 0 spiro atoms. The first-order chi connectivity index (χ1) is 15.8. The van der Waals surface area contributed by atoms with E-state index in [-0.39, 0.29) is 30.1 Å². The van der Waals surface area contributed by atoms with Gasteiger partial charge in [-0.1, -0.05) is 54.1 Å². The van der Waals surface area contributed by atoms with Crippen molar-refractivity contribution in [2.75, 3.05) is 13.6 Å². The minimum absolute atomic E-state index is 0.0707. The van der Waals surface area contributed by atoms with Crippen molar-refractivity contribution in [2.24, 2.45) is 0 Å². The lowest BCUT2D eigenvalue weighted by Gasteiger charge is -2.25. The van der Waals surface area contributed by atoms with Gasteiger partial charge in [-0.05, 0) is 49.6 Å². The fourth-order valence-corrected chi connectivity index (χ4v) is 3.99. The van der Waals surface area contributed by atoms with E-state index in [1.807, 2.05) is 0 Å². The number of rotatable bonds is 6. The molecule has 1 aromatic heterocycles. The Morgan fingerprint density at radius 2 is 1.68 bits per heavy atom. The van der Waals surface area contributed by atoms with Crippen LogP contribution in [0.25, 0.3) is 11.1 Å². The normalized spacial score (nSPS) is 12.0. The van der Waals surface area contributed by atoms with E-state index in [2.05, 4.69) is 0 Å². The number of nitrogens with zero attached hydrogens (tertiary/aromatic N) is 2. The van der Waals surface area contributed by atoms with Crippen LogP contribution in [0.5, 0.6) is 5.88 Å². The van der Waals surface area contributed by atoms with Gasteiger partial charge in [-0.2, -0.15) is 13.2 Å². The minimum atomic E-state index is -4.70. The zero-order valence-corrected chi connectivity index (χ0v) is 20.0. The maximum atomic E-state index is 14.3. The van der Waals surface area contributed by atoms with Crippen LogP contribution >= 0.6 is 11.6 Å². The molecule has 3 aromatic rings. The SMILES string of the molecule is Cc1c(-c2ccc(Cl)cc2)c(OC(=O)N(C)CC(C)(C)O)n(Cc2ccccc2)c1C(F)(F)F. The summed E-state index contributed by atoms with van der Waals surface area (Å²) in [5, 5.41) is 10.5. The fraction of sp³-hybridized carbons (Fsp3) is 0.320. The van der Waals surface area contributed by atoms with Gasteiger partial charge in [-0.15, -0.1) is 0 Å². The first-order valence-corrected chi connectivity index (χ1v) is 10.9. The van der Waals surface area contributed by atoms with Gasteiger partial charge in [-0.3, -0.25) is 0 Å². The number of hydrogen-bond acceptors (Lipinski definition) is 3. The van der Waals surface area contributed by atoms with Crippen LogP contribution in [0.2, 0.25) is 5.02 Å². The Labute approximate surface area is 201 Å². The highest BCUT2D eigenvalue weighted by Gasteiger charge is 2.41. The van der Waals surface area contributed by atoms with Gasteiger partial charge in [0.1, 0.15) is 5.69 Å². The van der Waals surface area contributed by atoms with E-state index in [4.69, 9.17) is 16.3 Å². The van der Waals surface area contributed by atoms with E-state index >= 15 is 0 Å². The van der Waals surface area contributed by atoms with Crippen LogP contribution < -0.4 is 4.74 Å². The van der Waals surface area contributed by atoms with Crippen LogP contribution in [0.4, 0.5) is 18.0 Å². The van der Waals surface area contributed by atoms with Crippen molar-refractivity contribution in [1.29, 1.82) is 0 Å². The summed E-state index contributed by atoms with van der Waals surface area (Å²) < 4.78 is 49.4. The van der Waals surface area contributed by atoms with Gasteiger partial charge in [0, 0.05) is 17.6 Å². The standard InChI is InChI=1S/C25H26ClF3N2O3/c1-16-20(18-10-12-19(26)13-11-18)22(34-23(32)30(4)15-24(2,3)33)31(21(16)25(27,28)29)14-17-8-6-5-7-9-17/h5-13,33H,14-15H2,1-4H3. The second kappa shape index (κ2) is 9.72. The zero-order valence-electron chi connectivity index (χ0n) is 19.3. The molecule has 1 amide bonds. The largest absolute Gasteiger partial charge is 0.431 e. The number of alkyl halides is 3. The van der Waals surface area contributed by atoms with E-state index in [1.165, 1.54) is 27.8 Å². The van der Waals surface area contributed by atoms with Crippen LogP contribution in [-0.4, -0.2) is 39.9 Å². The molecule has 0 bridgehead atoms. The number of aliphatic hydroxyl groups is 1. The van der Waals surface area contributed by atoms with Gasteiger partial charge in [0.05, 0.1) is 18.7 Å². The average molecular weight is 495 g/mol. The van der Waals surface area contributed by atoms with Crippen molar-refractivity contribution in [1.82, 2.24) is 9.47 Å². The van der Waals surface area contributed by atoms with Gasteiger partial charge in [-0.25, -0.2) is 4.79 Å². The Morgan fingerprint density at radius 3 is 2.21 bits per heavy atom. The maximum absolute atomic E-state index is 14.3. The maximum Gasteiger partial charge on any atom is 0.431 e. The zero-order chi connectivity index (χ0) is 25.3. The smallest absolute Gasteiger partial charge is 0.392 e. The number of amides is 1. The van der Waals surface area contributed by atoms with Gasteiger partial charge in [0.2, 0.25) is 5.88 Å². The molecule has 182 valence electrons. The molecule has 0 unspecified atom stereocenters. The van der Waals surface area contributed by atoms with Gasteiger partial charge in [0.25, 0.3) is 0 Å². The minimum Gasteiger partial charge on any atom is -0.392 e. The van der Waals surface area contributed by atoms with Gasteiger partial charge in [0.15, 0.2) is 0 Å². The molecule has 0 aliphatic carbocycles. The number of aromatic nitrogens is 1. The van der Waals surface area contributed by atoms with Crippen molar-refractivity contribution in [3.8, 4) is 17.0 Å². The lowest BCUT2D eigenvalue weighted by Crippen LogP contribution is -2.41. The number of ether oxygens (including phenoxy) is 1. The summed E-state index contributed by atoms with van der Waals surface area (Å²) in [6.07, 6.45) is -5.60. The third-order valence-corrected chi connectivity index (χ3v) is 5.42. The van der Waals surface area contributed by atoms with Crippen LogP contribution in [-0.2, 0) is 12.7 Å². The first-order valence-electron chi connectivity index (χ1n) is 10.5. The number of likely N-dealkylation sites (N-methyl/N-ethyl adjacent to an activating group) is 1. The van der Waals surface area contributed by atoms with Crippen molar-refractivity contribution >= 4 is 17.7 Å². The Balaban J connectivity index is 2.21. The molecule has 0 radical (unpaired) electrons. The molecule has 0 fully saturated rings. The van der Waals surface area contributed by atoms with Gasteiger partial charge >= 0.3 is 12.3 Å². The van der Waals surface area contributed by atoms with Crippen molar-refractivity contribution in [3.63, 3.8) is 0 Å². The number of halogens is 4. The molecule has 9 heteroatoms. The Bertz CT molecular complexity index is 1150. The number of carbonyl (C=O) groups excluding carboxylic acids is 1. The summed E-state index contributed by atoms with van der Waals surface area (Å²) in [5.41, 5.74) is -1.02. The highest BCUT2D eigenvalue weighted by molar-refractivity contribution is 6.30. The monoisotopic (exact) mass is 494 g/mol. The lowest BCUT2D eigenvalue weighted by molar-refractivity contribution is -0.144. The fourth-order valence-electron chi connectivity index (χ4n) is 3.87. The summed E-state index contributed by atoms with van der Waals surface area (Å²) in [6.45, 7) is 4.14. The number of carbonyl (C=O) groups is 1. The van der Waals surface area contributed by atoms with Gasteiger partial charge < -0.3 is 19.3 Å². The van der Waals surface area contributed by atoms with Crippen LogP contribution in [0.1, 0.15) is 30.7 Å². The molecule has 5 nitrogen and oxygen atoms in total. The molecule has 1 N–H and O–H groups in total. The molecule has 1 heterocycles. The van der Waals surface area contributed by atoms with E-state index in [9.17, 15) is 23.1 Å². The summed E-state index contributed by atoms with van der Waals surface area (Å²) in [7, 11) is 1.41. The quantitative estimate of drug-likeness (QED) is 0.432. The van der Waals surface area contributed by atoms with E-state index in [0.717, 1.165) is 9.47 Å². The van der Waals surface area contributed by atoms with Crippen molar-refractivity contribution in [3.05, 3.63) is 76.4 Å². The second-order valence-corrected chi connectivity index (χ2v) is 9.20. The molecule has 0 saturated heterocycles. The Hall–Kier alpha value is -2.97. The lowest BCUT2D eigenvalue weighted by atomic mass is 10.0. The summed E-state index contributed by atoms with van der Waals surface area (Å²) >= 11 is 5.98.